The predicted octanol–water partition coefficient (Wildman–Crippen LogP) is 2.92. The van der Waals surface area contributed by atoms with Crippen molar-refractivity contribution in [1.29, 1.82) is 0 Å². The van der Waals surface area contributed by atoms with Gasteiger partial charge in [0.25, 0.3) is 0 Å². The van der Waals surface area contributed by atoms with E-state index in [1.807, 2.05) is 19.4 Å². The van der Waals surface area contributed by atoms with Gasteiger partial charge in [0.15, 0.2) is 0 Å². The molecule has 0 atom stereocenters. The van der Waals surface area contributed by atoms with Crippen LogP contribution in [-0.4, -0.2) is 23.6 Å². The summed E-state index contributed by atoms with van der Waals surface area (Å²) in [6.07, 6.45) is 3.81. The molecule has 0 aliphatic carbocycles. The van der Waals surface area contributed by atoms with Gasteiger partial charge in [-0.1, -0.05) is 13.8 Å². The quantitative estimate of drug-likeness (QED) is 0.851. The first kappa shape index (κ1) is 14.9. The van der Waals surface area contributed by atoms with Crippen LogP contribution in [0.5, 0.6) is 0 Å². The van der Waals surface area contributed by atoms with Crippen LogP contribution in [0.3, 0.4) is 0 Å². The van der Waals surface area contributed by atoms with Crippen LogP contribution in [0.1, 0.15) is 25.0 Å². The van der Waals surface area contributed by atoms with Crippen molar-refractivity contribution in [2.75, 3.05) is 18.5 Å². The molecule has 2 heterocycles. The second kappa shape index (κ2) is 7.36. The number of hydrogen-bond acceptors (Lipinski definition) is 5. The van der Waals surface area contributed by atoms with E-state index in [9.17, 15) is 0 Å². The monoisotopic (exact) mass is 290 g/mol. The molecule has 0 saturated heterocycles. The average Bonchev–Trinajstić information content (AvgIpc) is 2.92. The molecule has 2 aromatic rings. The number of nitrogens with one attached hydrogen (secondary N) is 1. The number of nitrogens with zero attached hydrogens (tertiary/aromatic N) is 3. The van der Waals surface area contributed by atoms with Crippen LogP contribution in [0.4, 0.5) is 5.95 Å². The molecule has 108 valence electrons. The highest BCUT2D eigenvalue weighted by atomic mass is 32.1. The van der Waals surface area contributed by atoms with Crippen molar-refractivity contribution in [1.82, 2.24) is 15.3 Å². The van der Waals surface area contributed by atoms with E-state index in [1.165, 1.54) is 5.56 Å². The summed E-state index contributed by atoms with van der Waals surface area (Å²) in [4.78, 5) is 10.9. The zero-order chi connectivity index (χ0) is 14.4. The summed E-state index contributed by atoms with van der Waals surface area (Å²) < 4.78 is 0. The Morgan fingerprint density at radius 1 is 1.25 bits per heavy atom. The van der Waals surface area contributed by atoms with E-state index in [0.717, 1.165) is 31.1 Å². The van der Waals surface area contributed by atoms with Crippen LogP contribution in [0.15, 0.2) is 29.2 Å². The highest BCUT2D eigenvalue weighted by Gasteiger charge is 2.05. The summed E-state index contributed by atoms with van der Waals surface area (Å²) in [5.41, 5.74) is 2.42. The van der Waals surface area contributed by atoms with Gasteiger partial charge in [0.05, 0.1) is 0 Å². The third kappa shape index (κ3) is 4.58. The Hall–Kier alpha value is -1.46. The maximum atomic E-state index is 4.44. The molecular formula is C15H22N4S. The molecule has 0 amide bonds. The molecule has 1 N–H and O–H groups in total. The molecule has 5 heteroatoms. The summed E-state index contributed by atoms with van der Waals surface area (Å²) in [5, 5.41) is 7.64. The van der Waals surface area contributed by atoms with Gasteiger partial charge in [0.1, 0.15) is 0 Å². The number of hydrogen-bond donors (Lipinski definition) is 1. The molecule has 0 radical (unpaired) electrons. The first-order valence-electron chi connectivity index (χ1n) is 6.89. The second-order valence-corrected chi connectivity index (χ2v) is 6.18. The lowest BCUT2D eigenvalue weighted by Gasteiger charge is -2.16. The maximum absolute atomic E-state index is 4.44. The molecule has 0 unspecified atom stereocenters. The normalized spacial score (nSPS) is 11.0. The third-order valence-corrected chi connectivity index (χ3v) is 3.65. The molecule has 2 rings (SSSR count). The van der Waals surface area contributed by atoms with Gasteiger partial charge in [-0.05, 0) is 34.9 Å². The van der Waals surface area contributed by atoms with Gasteiger partial charge >= 0.3 is 0 Å². The van der Waals surface area contributed by atoms with Gasteiger partial charge in [-0.3, -0.25) is 0 Å². The third-order valence-electron chi connectivity index (χ3n) is 2.91. The Kier molecular flexibility index (Phi) is 5.49. The largest absolute Gasteiger partial charge is 0.340 e. The van der Waals surface area contributed by atoms with E-state index in [0.29, 0.717) is 5.92 Å². The minimum atomic E-state index is 0.659. The smallest absolute Gasteiger partial charge is 0.225 e. The number of rotatable bonds is 7. The van der Waals surface area contributed by atoms with Gasteiger partial charge in [-0.2, -0.15) is 11.3 Å². The van der Waals surface area contributed by atoms with Gasteiger partial charge in [-0.25, -0.2) is 9.97 Å². The standard InChI is InChI=1S/C15H22N4S/c1-12(2)6-16-7-14-8-17-15(18-9-14)19(3)10-13-4-5-20-11-13/h4-5,8-9,11-12,16H,6-7,10H2,1-3H3. The van der Waals surface area contributed by atoms with Crippen molar-refractivity contribution in [3.05, 3.63) is 40.3 Å². The lowest BCUT2D eigenvalue weighted by atomic mass is 10.2. The van der Waals surface area contributed by atoms with Crippen LogP contribution in [0.25, 0.3) is 0 Å². The topological polar surface area (TPSA) is 41.1 Å². The van der Waals surface area contributed by atoms with Crippen molar-refractivity contribution in [3.8, 4) is 0 Å². The lowest BCUT2D eigenvalue weighted by molar-refractivity contribution is 0.551. The number of anilines is 1. The Morgan fingerprint density at radius 2 is 2.00 bits per heavy atom. The summed E-state index contributed by atoms with van der Waals surface area (Å²) in [7, 11) is 2.02. The van der Waals surface area contributed by atoms with Crippen molar-refractivity contribution >= 4 is 17.3 Å². The molecular weight excluding hydrogens is 268 g/mol. The Bertz CT molecular complexity index is 493. The van der Waals surface area contributed by atoms with Gasteiger partial charge in [-0.15, -0.1) is 0 Å². The average molecular weight is 290 g/mol. The van der Waals surface area contributed by atoms with Crippen molar-refractivity contribution in [3.63, 3.8) is 0 Å². The van der Waals surface area contributed by atoms with Crippen molar-refractivity contribution < 1.29 is 0 Å². The van der Waals surface area contributed by atoms with Crippen LogP contribution in [-0.2, 0) is 13.1 Å². The minimum Gasteiger partial charge on any atom is -0.340 e. The molecule has 0 fully saturated rings. The van der Waals surface area contributed by atoms with E-state index >= 15 is 0 Å². The van der Waals surface area contributed by atoms with Crippen molar-refractivity contribution in [2.24, 2.45) is 5.92 Å². The van der Waals surface area contributed by atoms with E-state index in [4.69, 9.17) is 0 Å². The van der Waals surface area contributed by atoms with Crippen LogP contribution in [0.2, 0.25) is 0 Å². The SMILES string of the molecule is CC(C)CNCc1cnc(N(C)Cc2ccsc2)nc1. The summed E-state index contributed by atoms with van der Waals surface area (Å²) in [6.45, 7) is 7.08. The highest BCUT2D eigenvalue weighted by Crippen LogP contribution is 2.12. The summed E-state index contributed by atoms with van der Waals surface area (Å²) in [5.74, 6) is 1.43. The van der Waals surface area contributed by atoms with Gasteiger partial charge in [0, 0.05) is 38.1 Å². The predicted molar refractivity (Wildman–Crippen MR) is 85.0 cm³/mol. The Labute approximate surface area is 124 Å². The lowest BCUT2D eigenvalue weighted by Crippen LogP contribution is -2.21. The fourth-order valence-electron chi connectivity index (χ4n) is 1.87. The fraction of sp³-hybridized carbons (Fsp3) is 0.467. The van der Waals surface area contributed by atoms with E-state index in [2.05, 4.69) is 50.9 Å². The molecule has 0 aromatic carbocycles. The van der Waals surface area contributed by atoms with Gasteiger partial charge < -0.3 is 10.2 Å². The molecule has 0 aliphatic rings. The summed E-state index contributed by atoms with van der Waals surface area (Å²) >= 11 is 1.71. The first-order valence-corrected chi connectivity index (χ1v) is 7.83. The summed E-state index contributed by atoms with van der Waals surface area (Å²) in [6, 6.07) is 2.13. The number of aromatic nitrogens is 2. The molecule has 0 saturated carbocycles. The highest BCUT2D eigenvalue weighted by molar-refractivity contribution is 7.07. The zero-order valence-corrected chi connectivity index (χ0v) is 13.2. The Morgan fingerprint density at radius 3 is 2.60 bits per heavy atom. The van der Waals surface area contributed by atoms with E-state index in [1.54, 1.807) is 11.3 Å². The molecule has 0 spiro atoms. The van der Waals surface area contributed by atoms with Crippen LogP contribution >= 0.6 is 11.3 Å². The maximum Gasteiger partial charge on any atom is 0.225 e. The minimum absolute atomic E-state index is 0.659. The molecule has 0 aliphatic heterocycles. The fourth-order valence-corrected chi connectivity index (χ4v) is 2.53. The molecule has 2 aromatic heterocycles. The first-order chi connectivity index (χ1) is 9.65. The van der Waals surface area contributed by atoms with E-state index < -0.39 is 0 Å². The van der Waals surface area contributed by atoms with Gasteiger partial charge in [0.2, 0.25) is 5.95 Å². The Balaban J connectivity index is 1.87. The molecule has 0 bridgehead atoms. The van der Waals surface area contributed by atoms with Crippen LogP contribution in [0, 0.1) is 5.92 Å². The van der Waals surface area contributed by atoms with E-state index in [-0.39, 0.29) is 0 Å². The zero-order valence-electron chi connectivity index (χ0n) is 12.3. The van der Waals surface area contributed by atoms with Crippen molar-refractivity contribution in [2.45, 2.75) is 26.9 Å². The number of thiophene rings is 1. The molecule has 4 nitrogen and oxygen atoms in total. The second-order valence-electron chi connectivity index (χ2n) is 5.40. The van der Waals surface area contributed by atoms with Crippen LogP contribution < -0.4 is 10.2 Å². The molecule has 20 heavy (non-hydrogen) atoms.